The summed E-state index contributed by atoms with van der Waals surface area (Å²) >= 11 is 0. The maximum absolute atomic E-state index is 12.7. The van der Waals surface area contributed by atoms with Gasteiger partial charge in [-0.25, -0.2) is 0 Å². The second-order valence-electron chi connectivity index (χ2n) is 6.54. The van der Waals surface area contributed by atoms with Crippen molar-refractivity contribution in [3.8, 4) is 17.2 Å². The number of carbonyl (C=O) groups is 1. The van der Waals surface area contributed by atoms with E-state index < -0.39 is 12.7 Å². The van der Waals surface area contributed by atoms with Crippen LogP contribution in [-0.4, -0.2) is 45.8 Å². The number of phenols is 2. The summed E-state index contributed by atoms with van der Waals surface area (Å²) in [5, 5.41) is 27.1. The Morgan fingerprint density at radius 3 is 2.34 bits per heavy atom. The summed E-state index contributed by atoms with van der Waals surface area (Å²) in [6.45, 7) is -2.44. The zero-order valence-electron chi connectivity index (χ0n) is 15.5. The van der Waals surface area contributed by atoms with Gasteiger partial charge in [0.25, 0.3) is 0 Å². The molecule has 146 valence electrons. The van der Waals surface area contributed by atoms with Crippen molar-refractivity contribution in [3.63, 3.8) is 0 Å². The van der Waals surface area contributed by atoms with Gasteiger partial charge in [0.05, 0.1) is 5.75 Å². The van der Waals surface area contributed by atoms with Crippen molar-refractivity contribution >= 4 is 30.0 Å². The van der Waals surface area contributed by atoms with Crippen molar-refractivity contribution in [1.29, 1.82) is 0 Å². The summed E-state index contributed by atoms with van der Waals surface area (Å²) in [5.41, 5.74) is 2.09. The summed E-state index contributed by atoms with van der Waals surface area (Å²) in [7, 11) is 1.00. The highest BCUT2D eigenvalue weighted by molar-refractivity contribution is 6.77. The number of benzene rings is 3. The first kappa shape index (κ1) is 18.6. The molecule has 5 rings (SSSR count). The maximum atomic E-state index is 12.7. The van der Waals surface area contributed by atoms with E-state index in [0.717, 1.165) is 7.11 Å². The van der Waals surface area contributed by atoms with Gasteiger partial charge in [-0.2, -0.15) is 0 Å². The lowest BCUT2D eigenvalue weighted by Gasteiger charge is -2.42. The zero-order chi connectivity index (χ0) is 20.6. The Labute approximate surface area is 166 Å². The van der Waals surface area contributed by atoms with Crippen LogP contribution in [0, 0.1) is 0 Å². The van der Waals surface area contributed by atoms with E-state index >= 15 is 0 Å². The lowest BCUT2D eigenvalue weighted by Crippen LogP contribution is -2.68. The molecule has 0 aromatic heterocycles. The minimum Gasteiger partial charge on any atom is -0.618 e. The Balaban J connectivity index is 0.000000994. The molecule has 3 aromatic rings. The van der Waals surface area contributed by atoms with Crippen molar-refractivity contribution in [1.82, 2.24) is 0 Å². The molecule has 0 aliphatic carbocycles. The Morgan fingerprint density at radius 2 is 1.59 bits per heavy atom. The number of aromatic hydroxyl groups is 2. The van der Waals surface area contributed by atoms with Crippen LogP contribution in [0.15, 0.2) is 66.7 Å². The smallest absolute Gasteiger partial charge is 0.618 e. The highest BCUT2D eigenvalue weighted by Gasteiger charge is 2.57. The monoisotopic (exact) mass is 391 g/mol. The third kappa shape index (κ3) is 2.81. The summed E-state index contributed by atoms with van der Waals surface area (Å²) in [6, 6.07) is 18.9. The van der Waals surface area contributed by atoms with Crippen LogP contribution in [-0.2, 0) is 4.65 Å². The topological polar surface area (TPSA) is 99.2 Å². The fraction of sp³-hybridized carbons (Fsp3) is 0.0476. The van der Waals surface area contributed by atoms with Crippen LogP contribution < -0.4 is 10.1 Å². The highest BCUT2D eigenvalue weighted by Crippen LogP contribution is 2.40. The number of aliphatic hydroxyl groups is 1. The molecule has 3 N–H and O–H groups in total. The molecule has 1 atom stereocenters. The molecule has 0 spiro atoms. The number of phenolic OH excluding ortho intramolecular Hbond substituents is 2. The molecular formula is C21H18BNO6. The summed E-state index contributed by atoms with van der Waals surface area (Å²) < 4.78 is 13.8. The molecule has 0 unspecified atom stereocenters. The van der Waals surface area contributed by atoms with Gasteiger partial charge in [-0.15, -0.1) is 0 Å². The lowest BCUT2D eigenvalue weighted by molar-refractivity contribution is -0.334. The summed E-state index contributed by atoms with van der Waals surface area (Å²) in [5.74, 6) is -0.529. The number of aliphatic hydroxyl groups excluding tert-OH is 1. The quantitative estimate of drug-likeness (QED) is 0.548. The first-order valence-electron chi connectivity index (χ1n) is 8.94. The van der Waals surface area contributed by atoms with Crippen LogP contribution in [0.1, 0.15) is 15.9 Å². The molecule has 0 amide bonds. The molecule has 0 saturated heterocycles. The van der Waals surface area contributed by atoms with E-state index in [1.54, 1.807) is 28.9 Å². The number of nitrogens with zero attached hydrogens (tertiary/aromatic N) is 1. The molecule has 0 saturated carbocycles. The van der Waals surface area contributed by atoms with Crippen molar-refractivity contribution in [3.05, 3.63) is 77.9 Å². The largest absolute Gasteiger partial charge is 0.686 e. The zero-order valence-corrected chi connectivity index (χ0v) is 15.5. The summed E-state index contributed by atoms with van der Waals surface area (Å²) in [6.07, 6.45) is 1.69. The standard InChI is InChI=1S/C20H14BNO5.CH4O/c23-14-10-18(24)16-12-22-17-9-5-4-8-15(17)20(25)27-21(22,26-19(16)11-14)13-6-2-1-3-7-13;1-2/h1-12,23-24H;2H,1H3/t21-;/m0./s1. The average Bonchev–Trinajstić information content (AvgIpc) is 2.75. The number of hydrogen-bond donors (Lipinski definition) is 3. The van der Waals surface area contributed by atoms with Crippen LogP contribution in [0.4, 0.5) is 5.69 Å². The van der Waals surface area contributed by atoms with Gasteiger partial charge in [-0.05, 0) is 11.5 Å². The SMILES string of the molecule is CO.O=C1O[B@-]2(c3ccccc3)Oc3cc(O)cc(O)c3C=[N+]2c2ccccc21. The van der Waals surface area contributed by atoms with Gasteiger partial charge in [-0.3, -0.25) is 4.79 Å². The van der Waals surface area contributed by atoms with E-state index in [4.69, 9.17) is 14.4 Å². The van der Waals surface area contributed by atoms with Crippen LogP contribution in [0.2, 0.25) is 0 Å². The Morgan fingerprint density at radius 1 is 0.897 bits per heavy atom. The number of para-hydroxylation sites is 1. The van der Waals surface area contributed by atoms with Crippen molar-refractivity contribution < 1.29 is 33.9 Å². The Bertz CT molecular complexity index is 1130. The Kier molecular flexibility index (Phi) is 4.48. The molecule has 8 heteroatoms. The van der Waals surface area contributed by atoms with Gasteiger partial charge in [0.2, 0.25) is 0 Å². The third-order valence-electron chi connectivity index (χ3n) is 4.92. The molecule has 0 bridgehead atoms. The average molecular weight is 391 g/mol. The first-order chi connectivity index (χ1) is 14.1. The number of rotatable bonds is 1. The molecule has 2 aliphatic heterocycles. The minimum atomic E-state index is -2.44. The number of fused-ring (bicyclic) bond motifs is 4. The number of carbonyl (C=O) groups excluding carboxylic acids is 1. The van der Waals surface area contributed by atoms with E-state index in [1.807, 2.05) is 36.4 Å². The van der Waals surface area contributed by atoms with Crippen LogP contribution >= 0.6 is 0 Å². The fourth-order valence-corrected chi connectivity index (χ4v) is 3.70. The molecule has 29 heavy (non-hydrogen) atoms. The second-order valence-corrected chi connectivity index (χ2v) is 6.54. The predicted molar refractivity (Wildman–Crippen MR) is 107 cm³/mol. The molecule has 0 fully saturated rings. The molecular weight excluding hydrogens is 373 g/mol. The van der Waals surface area contributed by atoms with E-state index in [-0.39, 0.29) is 17.2 Å². The normalized spacial score (nSPS) is 18.6. The lowest BCUT2D eigenvalue weighted by atomic mass is 9.60. The highest BCUT2D eigenvalue weighted by atomic mass is 16.6. The van der Waals surface area contributed by atoms with Gasteiger partial charge >= 0.3 is 12.7 Å². The first-order valence-corrected chi connectivity index (χ1v) is 8.94. The third-order valence-corrected chi connectivity index (χ3v) is 4.92. The molecule has 0 radical (unpaired) electrons. The maximum Gasteiger partial charge on any atom is 0.686 e. The van der Waals surface area contributed by atoms with Gasteiger partial charge in [0.15, 0.2) is 5.69 Å². The Hall–Kier alpha value is -3.78. The molecule has 2 heterocycles. The summed E-state index contributed by atoms with van der Waals surface area (Å²) in [4.78, 5) is 12.7. The van der Waals surface area contributed by atoms with Crippen molar-refractivity contribution in [2.45, 2.75) is 0 Å². The van der Waals surface area contributed by atoms with Crippen LogP contribution in [0.3, 0.4) is 0 Å². The van der Waals surface area contributed by atoms with Crippen LogP contribution in [0.25, 0.3) is 0 Å². The minimum absolute atomic E-state index is 0.128. The van der Waals surface area contributed by atoms with E-state index in [0.29, 0.717) is 22.3 Å². The fourth-order valence-electron chi connectivity index (χ4n) is 3.70. The van der Waals surface area contributed by atoms with Gasteiger partial charge in [-0.1, -0.05) is 42.5 Å². The van der Waals surface area contributed by atoms with Crippen LogP contribution in [0.5, 0.6) is 17.2 Å². The molecule has 3 aromatic carbocycles. The van der Waals surface area contributed by atoms with Crippen molar-refractivity contribution in [2.75, 3.05) is 7.11 Å². The van der Waals surface area contributed by atoms with Gasteiger partial charge < -0.3 is 29.1 Å². The predicted octanol–water partition coefficient (Wildman–Crippen LogP) is 1.88. The van der Waals surface area contributed by atoms with E-state index in [2.05, 4.69) is 0 Å². The number of hydrogen-bond acceptors (Lipinski definition) is 6. The second kappa shape index (κ2) is 6.99. The van der Waals surface area contributed by atoms with Gasteiger partial charge in [0.1, 0.15) is 28.8 Å². The van der Waals surface area contributed by atoms with Gasteiger partial charge in [0, 0.05) is 25.3 Å². The molecule has 7 nitrogen and oxygen atoms in total. The van der Waals surface area contributed by atoms with E-state index in [1.165, 1.54) is 12.1 Å². The molecule has 2 aliphatic rings. The van der Waals surface area contributed by atoms with E-state index in [9.17, 15) is 15.0 Å². The van der Waals surface area contributed by atoms with Crippen molar-refractivity contribution in [2.24, 2.45) is 0 Å².